The van der Waals surface area contributed by atoms with Crippen LogP contribution in [0.15, 0.2) is 70.6 Å². The van der Waals surface area contributed by atoms with Gasteiger partial charge < -0.3 is 25.3 Å². The molecule has 4 rings (SSSR count). The van der Waals surface area contributed by atoms with E-state index in [9.17, 15) is 18.3 Å². The second-order valence-electron chi connectivity index (χ2n) is 7.94. The fourth-order valence-corrected chi connectivity index (χ4v) is 5.25. The molecule has 1 aromatic heterocycles. The summed E-state index contributed by atoms with van der Waals surface area (Å²) in [7, 11) is -2.27. The number of aliphatic carboxylic acids is 1. The number of ether oxygens (including phenoxy) is 2. The molecule has 9 heteroatoms. The number of rotatable bonds is 7. The number of aromatic nitrogens is 1. The number of hydrogen-bond donors (Lipinski definition) is 3. The summed E-state index contributed by atoms with van der Waals surface area (Å²) in [5, 5.41) is 9.68. The van der Waals surface area contributed by atoms with Crippen LogP contribution in [0.4, 0.5) is 0 Å². The van der Waals surface area contributed by atoms with Gasteiger partial charge in [-0.05, 0) is 73.0 Å². The van der Waals surface area contributed by atoms with E-state index in [2.05, 4.69) is 4.98 Å². The number of methoxy groups -OCH3 is 1. The Morgan fingerprint density at radius 2 is 1.62 bits per heavy atom. The average Bonchev–Trinajstić information content (AvgIpc) is 3.25. The molecule has 34 heavy (non-hydrogen) atoms. The van der Waals surface area contributed by atoms with Crippen molar-refractivity contribution >= 4 is 26.7 Å². The smallest absolute Gasteiger partial charge is 0.325 e. The van der Waals surface area contributed by atoms with Crippen molar-refractivity contribution < 1.29 is 27.8 Å². The standard InChI is InChI=1S/C25H24N2O6S/c1-14-10-16(23(26)25(28)29)11-15(2)24(14)33-18-6-9-21-20(12-18)22(13-27-21)34(30,31)19-7-4-17(32-3)5-8-19/h4-13,23,27H,26H2,1-3H3,(H,28,29)/t23-/m0/s1. The third kappa shape index (κ3) is 4.23. The molecular formula is C25H24N2O6S. The number of aromatic amines is 1. The van der Waals surface area contributed by atoms with Gasteiger partial charge in [0.25, 0.3) is 0 Å². The van der Waals surface area contributed by atoms with Crippen molar-refractivity contribution in [2.75, 3.05) is 7.11 Å². The van der Waals surface area contributed by atoms with E-state index < -0.39 is 21.8 Å². The van der Waals surface area contributed by atoms with Gasteiger partial charge in [0.15, 0.2) is 0 Å². The van der Waals surface area contributed by atoms with E-state index in [4.69, 9.17) is 15.2 Å². The molecule has 0 aliphatic carbocycles. The zero-order valence-electron chi connectivity index (χ0n) is 18.8. The largest absolute Gasteiger partial charge is 0.497 e. The second-order valence-corrected chi connectivity index (χ2v) is 9.86. The quantitative estimate of drug-likeness (QED) is 0.355. The Morgan fingerprint density at radius 1 is 1.00 bits per heavy atom. The van der Waals surface area contributed by atoms with Crippen LogP contribution in [0.2, 0.25) is 0 Å². The van der Waals surface area contributed by atoms with Gasteiger partial charge in [-0.15, -0.1) is 0 Å². The fourth-order valence-electron chi connectivity index (χ4n) is 3.83. The molecule has 0 unspecified atom stereocenters. The number of carbonyl (C=O) groups is 1. The Hall–Kier alpha value is -3.82. The first-order valence-electron chi connectivity index (χ1n) is 10.4. The normalized spacial score (nSPS) is 12.5. The maximum absolute atomic E-state index is 13.3. The number of fused-ring (bicyclic) bond motifs is 1. The van der Waals surface area contributed by atoms with Crippen LogP contribution in [-0.2, 0) is 14.6 Å². The molecule has 0 radical (unpaired) electrons. The zero-order valence-corrected chi connectivity index (χ0v) is 19.6. The highest BCUT2D eigenvalue weighted by atomic mass is 32.2. The average molecular weight is 481 g/mol. The number of benzene rings is 3. The molecule has 0 spiro atoms. The van der Waals surface area contributed by atoms with Gasteiger partial charge in [0, 0.05) is 17.1 Å². The summed E-state index contributed by atoms with van der Waals surface area (Å²) in [6.45, 7) is 3.60. The molecule has 0 fully saturated rings. The first-order chi connectivity index (χ1) is 16.1. The van der Waals surface area contributed by atoms with E-state index in [0.717, 1.165) is 0 Å². The molecule has 0 aliphatic heterocycles. The van der Waals surface area contributed by atoms with Crippen LogP contribution >= 0.6 is 0 Å². The molecule has 0 aliphatic rings. The lowest BCUT2D eigenvalue weighted by Crippen LogP contribution is -2.20. The lowest BCUT2D eigenvalue weighted by Gasteiger charge is -2.16. The highest BCUT2D eigenvalue weighted by Gasteiger charge is 2.23. The van der Waals surface area contributed by atoms with Crippen molar-refractivity contribution in [3.8, 4) is 17.2 Å². The van der Waals surface area contributed by atoms with Gasteiger partial charge in [0.05, 0.1) is 16.9 Å². The number of carboxylic acids is 1. The van der Waals surface area contributed by atoms with Crippen molar-refractivity contribution in [1.29, 1.82) is 0 Å². The van der Waals surface area contributed by atoms with Crippen LogP contribution in [0, 0.1) is 13.8 Å². The van der Waals surface area contributed by atoms with Gasteiger partial charge in [-0.2, -0.15) is 0 Å². The molecule has 0 amide bonds. The highest BCUT2D eigenvalue weighted by molar-refractivity contribution is 7.91. The Morgan fingerprint density at radius 3 is 2.21 bits per heavy atom. The SMILES string of the molecule is COc1ccc(S(=O)(=O)c2c[nH]c3ccc(Oc4c(C)cc([C@H](N)C(=O)O)cc4C)cc23)cc1. The Bertz CT molecular complexity index is 1470. The van der Waals surface area contributed by atoms with Gasteiger partial charge in [0.1, 0.15) is 23.3 Å². The molecule has 3 aromatic carbocycles. The minimum Gasteiger partial charge on any atom is -0.497 e. The maximum Gasteiger partial charge on any atom is 0.325 e. The topological polar surface area (TPSA) is 132 Å². The van der Waals surface area contributed by atoms with Crippen molar-refractivity contribution in [2.45, 2.75) is 29.7 Å². The molecule has 1 heterocycles. The van der Waals surface area contributed by atoms with Gasteiger partial charge >= 0.3 is 5.97 Å². The van der Waals surface area contributed by atoms with Crippen molar-refractivity contribution in [2.24, 2.45) is 5.73 Å². The van der Waals surface area contributed by atoms with Crippen LogP contribution < -0.4 is 15.2 Å². The lowest BCUT2D eigenvalue weighted by molar-refractivity contribution is -0.138. The predicted molar refractivity (Wildman–Crippen MR) is 127 cm³/mol. The maximum atomic E-state index is 13.3. The fraction of sp³-hybridized carbons (Fsp3) is 0.160. The van der Waals surface area contributed by atoms with E-state index >= 15 is 0 Å². The first kappa shape index (κ1) is 23.3. The number of H-pyrrole nitrogens is 1. The van der Waals surface area contributed by atoms with E-state index in [1.807, 2.05) is 0 Å². The summed E-state index contributed by atoms with van der Waals surface area (Å²) in [5.41, 5.74) is 8.30. The van der Waals surface area contributed by atoms with Crippen LogP contribution in [0.3, 0.4) is 0 Å². The van der Waals surface area contributed by atoms with Crippen LogP contribution in [-0.4, -0.2) is 31.6 Å². The van der Waals surface area contributed by atoms with Crippen molar-refractivity contribution in [1.82, 2.24) is 4.98 Å². The summed E-state index contributed by atoms with van der Waals surface area (Å²) in [6.07, 6.45) is 1.46. The van der Waals surface area contributed by atoms with Crippen molar-refractivity contribution in [3.05, 3.63) is 77.5 Å². The van der Waals surface area contributed by atoms with Gasteiger partial charge in [0.2, 0.25) is 9.84 Å². The zero-order chi connectivity index (χ0) is 24.6. The molecule has 1 atom stereocenters. The van der Waals surface area contributed by atoms with Gasteiger partial charge in [-0.3, -0.25) is 4.79 Å². The van der Waals surface area contributed by atoms with E-state index in [1.54, 1.807) is 56.3 Å². The van der Waals surface area contributed by atoms with E-state index in [0.29, 0.717) is 44.8 Å². The van der Waals surface area contributed by atoms with Crippen LogP contribution in [0.5, 0.6) is 17.2 Å². The summed E-state index contributed by atoms with van der Waals surface area (Å²) in [4.78, 5) is 14.5. The third-order valence-corrected chi connectivity index (χ3v) is 7.41. The second kappa shape index (κ2) is 8.85. The van der Waals surface area contributed by atoms with Crippen LogP contribution in [0.1, 0.15) is 22.7 Å². The molecule has 0 saturated carbocycles. The minimum atomic E-state index is -3.79. The van der Waals surface area contributed by atoms with Gasteiger partial charge in [-0.1, -0.05) is 12.1 Å². The third-order valence-electron chi connectivity index (χ3n) is 5.60. The molecular weight excluding hydrogens is 456 g/mol. The van der Waals surface area contributed by atoms with Crippen molar-refractivity contribution in [3.63, 3.8) is 0 Å². The molecule has 4 N–H and O–H groups in total. The molecule has 0 bridgehead atoms. The number of aryl methyl sites for hydroxylation is 2. The monoisotopic (exact) mass is 480 g/mol. The molecule has 4 aromatic rings. The Balaban J connectivity index is 1.71. The Labute approximate surface area is 196 Å². The Kier molecular flexibility index (Phi) is 6.07. The molecule has 8 nitrogen and oxygen atoms in total. The molecule has 176 valence electrons. The highest BCUT2D eigenvalue weighted by Crippen LogP contribution is 2.35. The predicted octanol–water partition coefficient (Wildman–Crippen LogP) is 4.50. The number of hydrogen-bond acceptors (Lipinski definition) is 6. The van der Waals surface area contributed by atoms with E-state index in [-0.39, 0.29) is 9.79 Å². The number of sulfone groups is 1. The van der Waals surface area contributed by atoms with E-state index in [1.165, 1.54) is 25.4 Å². The number of nitrogens with two attached hydrogens (primary N) is 1. The van der Waals surface area contributed by atoms with Gasteiger partial charge in [-0.25, -0.2) is 8.42 Å². The minimum absolute atomic E-state index is 0.134. The summed E-state index contributed by atoms with van der Waals surface area (Å²) in [5.74, 6) is 0.446. The first-order valence-corrected chi connectivity index (χ1v) is 11.9. The summed E-state index contributed by atoms with van der Waals surface area (Å²) < 4.78 is 37.8. The van der Waals surface area contributed by atoms with Crippen LogP contribution in [0.25, 0.3) is 10.9 Å². The number of nitrogens with one attached hydrogen (secondary N) is 1. The summed E-state index contributed by atoms with van der Waals surface area (Å²) in [6, 6.07) is 13.6. The lowest BCUT2D eigenvalue weighted by atomic mass is 10.0. The number of carboxylic acid groups (broad SMARTS) is 1. The summed E-state index contributed by atoms with van der Waals surface area (Å²) >= 11 is 0. The molecule has 0 saturated heterocycles.